The molecule has 0 saturated heterocycles. The van der Waals surface area contributed by atoms with Gasteiger partial charge < -0.3 is 9.84 Å². The third-order valence-corrected chi connectivity index (χ3v) is 2.60. The van der Waals surface area contributed by atoms with Gasteiger partial charge in [0, 0.05) is 6.07 Å². The van der Waals surface area contributed by atoms with Crippen LogP contribution in [0.3, 0.4) is 0 Å². The standard InChI is InChI=1S/C13H11NO4/c1-18-11-5-2-9(3-6-11)10-4-7-12(14(16)17)13(15)8-10/h2-8,15H,1H3. The summed E-state index contributed by atoms with van der Waals surface area (Å²) in [5.74, 6) is 0.387. The Morgan fingerprint density at radius 1 is 1.11 bits per heavy atom. The number of benzene rings is 2. The minimum Gasteiger partial charge on any atom is -0.502 e. The number of hydrogen-bond acceptors (Lipinski definition) is 4. The fourth-order valence-corrected chi connectivity index (χ4v) is 1.64. The number of nitro benzene ring substituents is 1. The van der Waals surface area contributed by atoms with Gasteiger partial charge in [0.1, 0.15) is 5.75 Å². The summed E-state index contributed by atoms with van der Waals surface area (Å²) in [5.41, 5.74) is 1.26. The van der Waals surface area contributed by atoms with E-state index in [2.05, 4.69) is 0 Å². The molecule has 0 aliphatic heterocycles. The lowest BCUT2D eigenvalue weighted by molar-refractivity contribution is -0.385. The Kier molecular flexibility index (Phi) is 3.14. The lowest BCUT2D eigenvalue weighted by Crippen LogP contribution is -1.89. The monoisotopic (exact) mass is 245 g/mol. The number of rotatable bonds is 3. The van der Waals surface area contributed by atoms with Gasteiger partial charge in [0.2, 0.25) is 0 Å². The van der Waals surface area contributed by atoms with Crippen LogP contribution in [0.2, 0.25) is 0 Å². The first-order valence-electron chi connectivity index (χ1n) is 5.23. The van der Waals surface area contributed by atoms with E-state index in [-0.39, 0.29) is 11.4 Å². The Bertz CT molecular complexity index is 578. The molecule has 0 saturated carbocycles. The van der Waals surface area contributed by atoms with Crippen molar-refractivity contribution in [3.8, 4) is 22.6 Å². The van der Waals surface area contributed by atoms with Gasteiger partial charge in [-0.15, -0.1) is 0 Å². The molecule has 2 aromatic carbocycles. The highest BCUT2D eigenvalue weighted by molar-refractivity contribution is 5.68. The van der Waals surface area contributed by atoms with Crippen molar-refractivity contribution in [2.45, 2.75) is 0 Å². The highest BCUT2D eigenvalue weighted by Crippen LogP contribution is 2.31. The van der Waals surface area contributed by atoms with Gasteiger partial charge in [0.15, 0.2) is 5.75 Å². The van der Waals surface area contributed by atoms with Crippen LogP contribution < -0.4 is 4.74 Å². The zero-order valence-corrected chi connectivity index (χ0v) is 9.66. The molecular weight excluding hydrogens is 234 g/mol. The molecule has 0 fully saturated rings. The van der Waals surface area contributed by atoms with Crippen LogP contribution >= 0.6 is 0 Å². The zero-order chi connectivity index (χ0) is 13.1. The first kappa shape index (κ1) is 11.9. The first-order chi connectivity index (χ1) is 8.61. The molecule has 18 heavy (non-hydrogen) atoms. The number of nitrogens with zero attached hydrogens (tertiary/aromatic N) is 1. The molecule has 0 spiro atoms. The topological polar surface area (TPSA) is 72.6 Å². The van der Waals surface area contributed by atoms with Crippen molar-refractivity contribution < 1.29 is 14.8 Å². The number of ether oxygens (including phenoxy) is 1. The van der Waals surface area contributed by atoms with Crippen LogP contribution in [-0.2, 0) is 0 Å². The van der Waals surface area contributed by atoms with Gasteiger partial charge in [-0.25, -0.2) is 0 Å². The third-order valence-electron chi connectivity index (χ3n) is 2.60. The van der Waals surface area contributed by atoms with E-state index in [9.17, 15) is 15.2 Å². The van der Waals surface area contributed by atoms with Crippen molar-refractivity contribution in [3.63, 3.8) is 0 Å². The van der Waals surface area contributed by atoms with E-state index >= 15 is 0 Å². The molecular formula is C13H11NO4. The summed E-state index contributed by atoms with van der Waals surface area (Å²) in [6.45, 7) is 0. The highest BCUT2D eigenvalue weighted by atomic mass is 16.6. The fourth-order valence-electron chi connectivity index (χ4n) is 1.64. The van der Waals surface area contributed by atoms with Gasteiger partial charge in [-0.1, -0.05) is 12.1 Å². The maximum Gasteiger partial charge on any atom is 0.310 e. The second-order valence-electron chi connectivity index (χ2n) is 3.69. The van der Waals surface area contributed by atoms with E-state index < -0.39 is 4.92 Å². The summed E-state index contributed by atoms with van der Waals surface area (Å²) in [5, 5.41) is 20.1. The average molecular weight is 245 g/mol. The van der Waals surface area contributed by atoms with Gasteiger partial charge in [0.25, 0.3) is 0 Å². The lowest BCUT2D eigenvalue weighted by atomic mass is 10.0. The number of hydrogen-bond donors (Lipinski definition) is 1. The number of phenols is 1. The van der Waals surface area contributed by atoms with Gasteiger partial charge in [0.05, 0.1) is 12.0 Å². The Morgan fingerprint density at radius 2 is 1.72 bits per heavy atom. The molecule has 0 unspecified atom stereocenters. The quantitative estimate of drug-likeness (QED) is 0.666. The molecule has 2 aromatic rings. The van der Waals surface area contributed by atoms with Gasteiger partial charge >= 0.3 is 5.69 Å². The predicted octanol–water partition coefficient (Wildman–Crippen LogP) is 2.98. The molecule has 5 nitrogen and oxygen atoms in total. The maximum absolute atomic E-state index is 10.6. The van der Waals surface area contributed by atoms with E-state index in [1.807, 2.05) is 12.1 Å². The molecule has 0 radical (unpaired) electrons. The number of nitro groups is 1. The van der Waals surface area contributed by atoms with Gasteiger partial charge in [-0.05, 0) is 35.4 Å². The van der Waals surface area contributed by atoms with Crippen molar-refractivity contribution in [2.24, 2.45) is 0 Å². The molecule has 0 atom stereocenters. The van der Waals surface area contributed by atoms with Crippen LogP contribution in [0.1, 0.15) is 0 Å². The Labute approximate surface area is 103 Å². The van der Waals surface area contributed by atoms with E-state index in [0.717, 1.165) is 11.3 Å². The summed E-state index contributed by atoms with van der Waals surface area (Å²) in [7, 11) is 1.58. The molecule has 92 valence electrons. The third kappa shape index (κ3) is 2.24. The summed E-state index contributed by atoms with van der Waals surface area (Å²) in [6.07, 6.45) is 0. The van der Waals surface area contributed by atoms with Crippen molar-refractivity contribution in [1.29, 1.82) is 0 Å². The van der Waals surface area contributed by atoms with Crippen LogP contribution in [0.15, 0.2) is 42.5 Å². The van der Waals surface area contributed by atoms with E-state index in [1.54, 1.807) is 25.3 Å². The minimum absolute atomic E-state index is 0.299. The van der Waals surface area contributed by atoms with Crippen LogP contribution in [0.5, 0.6) is 11.5 Å². The van der Waals surface area contributed by atoms with Crippen molar-refractivity contribution in [1.82, 2.24) is 0 Å². The van der Waals surface area contributed by atoms with Crippen LogP contribution in [0.4, 0.5) is 5.69 Å². The Balaban J connectivity index is 2.39. The van der Waals surface area contributed by atoms with E-state index in [0.29, 0.717) is 5.56 Å². The predicted molar refractivity (Wildman–Crippen MR) is 66.7 cm³/mol. The first-order valence-corrected chi connectivity index (χ1v) is 5.23. The molecule has 0 aliphatic carbocycles. The fraction of sp³-hybridized carbons (Fsp3) is 0.0769. The van der Waals surface area contributed by atoms with Crippen LogP contribution in [0.25, 0.3) is 11.1 Å². The van der Waals surface area contributed by atoms with Crippen LogP contribution in [-0.4, -0.2) is 17.1 Å². The molecule has 0 amide bonds. The van der Waals surface area contributed by atoms with Crippen LogP contribution in [0, 0.1) is 10.1 Å². The molecule has 2 rings (SSSR count). The van der Waals surface area contributed by atoms with Crippen molar-refractivity contribution in [3.05, 3.63) is 52.6 Å². The SMILES string of the molecule is COc1ccc(-c2ccc([N+](=O)[O-])c(O)c2)cc1. The second-order valence-corrected chi connectivity index (χ2v) is 3.69. The Morgan fingerprint density at radius 3 is 2.22 bits per heavy atom. The lowest BCUT2D eigenvalue weighted by Gasteiger charge is -2.04. The highest BCUT2D eigenvalue weighted by Gasteiger charge is 2.13. The summed E-state index contributed by atoms with van der Waals surface area (Å²) in [4.78, 5) is 9.96. The average Bonchev–Trinajstić information content (AvgIpc) is 2.38. The van der Waals surface area contributed by atoms with Gasteiger partial charge in [-0.3, -0.25) is 10.1 Å². The van der Waals surface area contributed by atoms with Crippen molar-refractivity contribution in [2.75, 3.05) is 7.11 Å². The van der Waals surface area contributed by atoms with Crippen molar-refractivity contribution >= 4 is 5.69 Å². The number of methoxy groups -OCH3 is 1. The summed E-state index contributed by atoms with van der Waals surface area (Å²) in [6, 6.07) is 11.5. The zero-order valence-electron chi connectivity index (χ0n) is 9.66. The molecule has 1 N–H and O–H groups in total. The molecule has 0 bridgehead atoms. The maximum atomic E-state index is 10.6. The Hall–Kier alpha value is -2.56. The number of phenolic OH excluding ortho intramolecular Hbond substituents is 1. The second kappa shape index (κ2) is 4.75. The molecule has 0 aliphatic rings. The minimum atomic E-state index is -0.618. The normalized spacial score (nSPS) is 10.1. The molecule has 0 aromatic heterocycles. The summed E-state index contributed by atoms with van der Waals surface area (Å²) < 4.78 is 5.04. The largest absolute Gasteiger partial charge is 0.502 e. The van der Waals surface area contributed by atoms with E-state index in [1.165, 1.54) is 12.1 Å². The molecule has 5 heteroatoms. The number of aromatic hydroxyl groups is 1. The molecule has 0 heterocycles. The smallest absolute Gasteiger partial charge is 0.310 e. The summed E-state index contributed by atoms with van der Waals surface area (Å²) >= 11 is 0. The van der Waals surface area contributed by atoms with E-state index in [4.69, 9.17) is 4.74 Å². The van der Waals surface area contributed by atoms with Gasteiger partial charge in [-0.2, -0.15) is 0 Å².